The van der Waals surface area contributed by atoms with Crippen LogP contribution in [0.5, 0.6) is 0 Å². The second kappa shape index (κ2) is 5.65. The van der Waals surface area contributed by atoms with Crippen LogP contribution in [0.25, 0.3) is 0 Å². The van der Waals surface area contributed by atoms with Crippen LogP contribution in [-0.4, -0.2) is 36.3 Å². The molecule has 0 amide bonds. The summed E-state index contributed by atoms with van der Waals surface area (Å²) < 4.78 is 5.51. The summed E-state index contributed by atoms with van der Waals surface area (Å²) in [5.41, 5.74) is 0. The van der Waals surface area contributed by atoms with Crippen molar-refractivity contribution in [1.29, 1.82) is 0 Å². The third-order valence-electron chi connectivity index (χ3n) is 3.25. The molecule has 5 heteroatoms. The molecule has 2 rings (SSSR count). The highest BCUT2D eigenvalue weighted by atomic mass is 35.5. The number of anilines is 1. The van der Waals surface area contributed by atoms with Crippen molar-refractivity contribution in [2.75, 3.05) is 31.2 Å². The summed E-state index contributed by atoms with van der Waals surface area (Å²) in [6.45, 7) is 7.88. The summed E-state index contributed by atoms with van der Waals surface area (Å²) in [5, 5.41) is 0.496. The van der Waals surface area contributed by atoms with Crippen molar-refractivity contribution in [3.8, 4) is 0 Å². The van der Waals surface area contributed by atoms with Crippen molar-refractivity contribution in [2.24, 2.45) is 11.8 Å². The normalized spacial score (nSPS) is 24.3. The van der Waals surface area contributed by atoms with Gasteiger partial charge >= 0.3 is 0 Å². The Morgan fingerprint density at radius 1 is 1.47 bits per heavy atom. The lowest BCUT2D eigenvalue weighted by Gasteiger charge is -2.17. The molecular formula is C12H18ClN3O. The summed E-state index contributed by atoms with van der Waals surface area (Å²) in [6.07, 6.45) is 1.51. The lowest BCUT2D eigenvalue weighted by atomic mass is 9.99. The fraction of sp³-hybridized carbons (Fsp3) is 0.667. The number of nitrogens with zero attached hydrogens (tertiary/aromatic N) is 3. The van der Waals surface area contributed by atoms with Gasteiger partial charge < -0.3 is 9.64 Å². The smallest absolute Gasteiger partial charge is 0.134 e. The maximum atomic E-state index is 5.88. The largest absolute Gasteiger partial charge is 0.381 e. The van der Waals surface area contributed by atoms with E-state index in [4.69, 9.17) is 16.3 Å². The lowest BCUT2D eigenvalue weighted by molar-refractivity contribution is 0.104. The Bertz CT molecular complexity index is 375. The van der Waals surface area contributed by atoms with Crippen LogP contribution in [0, 0.1) is 11.8 Å². The average Bonchev–Trinajstić information content (AvgIpc) is 2.68. The third kappa shape index (κ3) is 3.07. The molecule has 0 N–H and O–H groups in total. The molecule has 0 aliphatic carbocycles. The van der Waals surface area contributed by atoms with E-state index in [2.05, 4.69) is 21.8 Å². The molecule has 0 unspecified atom stereocenters. The molecule has 2 heterocycles. The first kappa shape index (κ1) is 12.6. The summed E-state index contributed by atoms with van der Waals surface area (Å²) in [5.74, 6) is 2.11. The van der Waals surface area contributed by atoms with Crippen molar-refractivity contribution >= 4 is 17.4 Å². The summed E-state index contributed by atoms with van der Waals surface area (Å²) in [4.78, 5) is 10.4. The number of ether oxygens (including phenoxy) is 1. The molecule has 0 radical (unpaired) electrons. The molecular weight excluding hydrogens is 238 g/mol. The molecule has 94 valence electrons. The minimum absolute atomic E-state index is 0.496. The van der Waals surface area contributed by atoms with Gasteiger partial charge in [0.2, 0.25) is 0 Å². The zero-order valence-corrected chi connectivity index (χ0v) is 11.0. The number of aromatic nitrogens is 2. The van der Waals surface area contributed by atoms with E-state index in [0.29, 0.717) is 17.0 Å². The van der Waals surface area contributed by atoms with Gasteiger partial charge in [0.25, 0.3) is 0 Å². The van der Waals surface area contributed by atoms with Gasteiger partial charge in [-0.05, 0) is 12.8 Å². The van der Waals surface area contributed by atoms with Gasteiger partial charge in [-0.3, -0.25) is 0 Å². The van der Waals surface area contributed by atoms with Gasteiger partial charge in [-0.1, -0.05) is 18.5 Å². The summed E-state index contributed by atoms with van der Waals surface area (Å²) in [7, 11) is 0. The minimum atomic E-state index is 0.496. The molecule has 1 aliphatic heterocycles. The quantitative estimate of drug-likeness (QED) is 0.774. The number of halogens is 1. The topological polar surface area (TPSA) is 38.2 Å². The number of hydrogen-bond acceptors (Lipinski definition) is 4. The molecule has 1 aromatic rings. The molecule has 1 aliphatic rings. The predicted octanol–water partition coefficient (Wildman–Crippen LogP) is 2.24. The second-order valence-corrected chi connectivity index (χ2v) is 4.89. The van der Waals surface area contributed by atoms with E-state index in [1.54, 1.807) is 0 Å². The zero-order chi connectivity index (χ0) is 12.3. The molecule has 0 aromatic carbocycles. The molecule has 1 saturated heterocycles. The van der Waals surface area contributed by atoms with Gasteiger partial charge in [-0.15, -0.1) is 0 Å². The molecule has 17 heavy (non-hydrogen) atoms. The first-order chi connectivity index (χ1) is 8.20. The van der Waals surface area contributed by atoms with Gasteiger partial charge in [-0.25, -0.2) is 9.97 Å². The summed E-state index contributed by atoms with van der Waals surface area (Å²) >= 11 is 5.88. The predicted molar refractivity (Wildman–Crippen MR) is 68.4 cm³/mol. The van der Waals surface area contributed by atoms with E-state index in [1.165, 1.54) is 6.33 Å². The van der Waals surface area contributed by atoms with Crippen molar-refractivity contribution in [1.82, 2.24) is 9.97 Å². The molecule has 1 fully saturated rings. The average molecular weight is 256 g/mol. The monoisotopic (exact) mass is 255 g/mol. The van der Waals surface area contributed by atoms with Crippen LogP contribution in [0.15, 0.2) is 12.4 Å². The molecule has 0 spiro atoms. The Balaban J connectivity index is 2.00. The molecule has 4 nitrogen and oxygen atoms in total. The van der Waals surface area contributed by atoms with Gasteiger partial charge in [0.1, 0.15) is 17.3 Å². The highest BCUT2D eigenvalue weighted by Crippen LogP contribution is 2.27. The van der Waals surface area contributed by atoms with E-state index in [-0.39, 0.29) is 0 Å². The SMILES string of the molecule is CCOC[C@@H]1CN(c2cc(Cl)ncn2)C[C@H]1C. The summed E-state index contributed by atoms with van der Waals surface area (Å²) in [6, 6.07) is 1.82. The molecule has 1 aromatic heterocycles. The van der Waals surface area contributed by atoms with E-state index >= 15 is 0 Å². The Morgan fingerprint density at radius 3 is 3.00 bits per heavy atom. The fourth-order valence-electron chi connectivity index (χ4n) is 2.20. The zero-order valence-electron chi connectivity index (χ0n) is 10.3. The highest BCUT2D eigenvalue weighted by molar-refractivity contribution is 6.29. The Hall–Kier alpha value is -0.870. The molecule has 0 bridgehead atoms. The first-order valence-electron chi connectivity index (χ1n) is 6.01. The highest BCUT2D eigenvalue weighted by Gasteiger charge is 2.30. The van der Waals surface area contributed by atoms with Crippen molar-refractivity contribution in [3.05, 3.63) is 17.5 Å². The number of rotatable bonds is 4. The van der Waals surface area contributed by atoms with Crippen LogP contribution in [-0.2, 0) is 4.74 Å². The first-order valence-corrected chi connectivity index (χ1v) is 6.38. The van der Waals surface area contributed by atoms with E-state index in [9.17, 15) is 0 Å². The third-order valence-corrected chi connectivity index (χ3v) is 3.45. The Labute approximate surface area is 107 Å². The maximum absolute atomic E-state index is 5.88. The van der Waals surface area contributed by atoms with Crippen molar-refractivity contribution in [2.45, 2.75) is 13.8 Å². The van der Waals surface area contributed by atoms with Crippen LogP contribution < -0.4 is 4.90 Å². The lowest BCUT2D eigenvalue weighted by Crippen LogP contribution is -2.22. The van der Waals surface area contributed by atoms with Gasteiger partial charge in [0.15, 0.2) is 0 Å². The molecule has 0 saturated carbocycles. The molecule has 2 atom stereocenters. The van der Waals surface area contributed by atoms with Crippen molar-refractivity contribution in [3.63, 3.8) is 0 Å². The standard InChI is InChI=1S/C12H18ClN3O/c1-3-17-7-10-6-16(5-9(10)2)12-4-11(13)14-8-15-12/h4,8-10H,3,5-7H2,1-2H3/t9-,10+/m1/s1. The maximum Gasteiger partial charge on any atom is 0.134 e. The van der Waals surface area contributed by atoms with Crippen LogP contribution in [0.1, 0.15) is 13.8 Å². The van der Waals surface area contributed by atoms with E-state index in [1.807, 2.05) is 13.0 Å². The van der Waals surface area contributed by atoms with Crippen LogP contribution in [0.2, 0.25) is 5.15 Å². The van der Waals surface area contributed by atoms with Crippen molar-refractivity contribution < 1.29 is 4.74 Å². The van der Waals surface area contributed by atoms with Crippen LogP contribution >= 0.6 is 11.6 Å². The van der Waals surface area contributed by atoms with E-state index < -0.39 is 0 Å². The van der Waals surface area contributed by atoms with Gasteiger partial charge in [0.05, 0.1) is 6.61 Å². The van der Waals surface area contributed by atoms with Crippen LogP contribution in [0.4, 0.5) is 5.82 Å². The minimum Gasteiger partial charge on any atom is -0.381 e. The van der Waals surface area contributed by atoms with Crippen LogP contribution in [0.3, 0.4) is 0 Å². The fourth-order valence-corrected chi connectivity index (χ4v) is 2.35. The van der Waals surface area contributed by atoms with Gasteiger partial charge in [0, 0.05) is 31.7 Å². The second-order valence-electron chi connectivity index (χ2n) is 4.50. The van der Waals surface area contributed by atoms with E-state index in [0.717, 1.165) is 32.1 Å². The van der Waals surface area contributed by atoms with Gasteiger partial charge in [-0.2, -0.15) is 0 Å². The number of hydrogen-bond donors (Lipinski definition) is 0. The Kier molecular flexibility index (Phi) is 4.18. The Morgan fingerprint density at radius 2 is 2.29 bits per heavy atom.